The van der Waals surface area contributed by atoms with Gasteiger partial charge in [-0.2, -0.15) is 11.3 Å². The fraction of sp³-hybridized carbons (Fsp3) is 0.538. The zero-order valence-corrected chi connectivity index (χ0v) is 10.7. The highest BCUT2D eigenvalue weighted by atomic mass is 32.1. The van der Waals surface area contributed by atoms with Gasteiger partial charge in [0.05, 0.1) is 0 Å². The Morgan fingerprint density at radius 3 is 2.87 bits per heavy atom. The number of thiophene rings is 1. The van der Waals surface area contributed by atoms with Gasteiger partial charge in [0.15, 0.2) is 0 Å². The summed E-state index contributed by atoms with van der Waals surface area (Å²) in [5, 5.41) is 7.95. The van der Waals surface area contributed by atoms with Crippen LogP contribution in [0.1, 0.15) is 32.8 Å². The van der Waals surface area contributed by atoms with E-state index in [-0.39, 0.29) is 0 Å². The molecule has 1 unspecified atom stereocenters. The molecule has 0 bridgehead atoms. The van der Waals surface area contributed by atoms with Crippen LogP contribution in [-0.2, 0) is 6.42 Å². The summed E-state index contributed by atoms with van der Waals surface area (Å²) in [7, 11) is 0. The molecule has 0 aliphatic carbocycles. The van der Waals surface area contributed by atoms with Crippen molar-refractivity contribution < 1.29 is 0 Å². The molecule has 0 aliphatic heterocycles. The standard InChI is InChI=1S/C13H21NS/c1-4-6-14-13(8-11(2)3)9-12-5-7-15-10-12/h5,7-8,10,13-14H,4,6,9H2,1-3H3. The van der Waals surface area contributed by atoms with Crippen molar-refractivity contribution in [2.45, 2.75) is 39.7 Å². The predicted octanol–water partition coefficient (Wildman–Crippen LogP) is 3.63. The summed E-state index contributed by atoms with van der Waals surface area (Å²) in [5.74, 6) is 0. The highest BCUT2D eigenvalue weighted by Gasteiger charge is 2.05. The Labute approximate surface area is 97.2 Å². The van der Waals surface area contributed by atoms with Gasteiger partial charge < -0.3 is 5.32 Å². The number of hydrogen-bond donors (Lipinski definition) is 1. The molecule has 1 heterocycles. The Morgan fingerprint density at radius 1 is 1.53 bits per heavy atom. The first-order chi connectivity index (χ1) is 7.22. The molecule has 1 rings (SSSR count). The molecule has 0 aromatic carbocycles. The molecule has 2 heteroatoms. The molecular weight excluding hydrogens is 202 g/mol. The highest BCUT2D eigenvalue weighted by Crippen LogP contribution is 2.10. The average molecular weight is 223 g/mol. The summed E-state index contributed by atoms with van der Waals surface area (Å²) in [6.07, 6.45) is 4.62. The lowest BCUT2D eigenvalue weighted by molar-refractivity contribution is 0.583. The number of nitrogens with one attached hydrogen (secondary N) is 1. The van der Waals surface area contributed by atoms with Crippen molar-refractivity contribution in [3.63, 3.8) is 0 Å². The van der Waals surface area contributed by atoms with Crippen LogP contribution >= 0.6 is 11.3 Å². The quantitative estimate of drug-likeness (QED) is 0.726. The van der Waals surface area contributed by atoms with E-state index >= 15 is 0 Å². The molecule has 1 atom stereocenters. The minimum Gasteiger partial charge on any atom is -0.310 e. The van der Waals surface area contributed by atoms with E-state index in [1.165, 1.54) is 17.6 Å². The summed E-state index contributed by atoms with van der Waals surface area (Å²) in [5.41, 5.74) is 2.82. The van der Waals surface area contributed by atoms with Gasteiger partial charge in [-0.25, -0.2) is 0 Å². The first-order valence-electron chi connectivity index (χ1n) is 5.62. The zero-order valence-electron chi connectivity index (χ0n) is 9.92. The van der Waals surface area contributed by atoms with Crippen LogP contribution in [0.2, 0.25) is 0 Å². The van der Waals surface area contributed by atoms with Crippen molar-refractivity contribution >= 4 is 11.3 Å². The van der Waals surface area contributed by atoms with Crippen molar-refractivity contribution in [1.82, 2.24) is 5.32 Å². The van der Waals surface area contributed by atoms with Gasteiger partial charge in [0.25, 0.3) is 0 Å². The van der Waals surface area contributed by atoms with Gasteiger partial charge in [-0.1, -0.05) is 18.6 Å². The summed E-state index contributed by atoms with van der Waals surface area (Å²) in [4.78, 5) is 0. The van der Waals surface area contributed by atoms with Crippen LogP contribution in [0.3, 0.4) is 0 Å². The third-order valence-electron chi connectivity index (χ3n) is 2.23. The van der Waals surface area contributed by atoms with Crippen LogP contribution in [0.4, 0.5) is 0 Å². The molecule has 1 nitrogen and oxygen atoms in total. The Balaban J connectivity index is 2.52. The van der Waals surface area contributed by atoms with E-state index in [9.17, 15) is 0 Å². The van der Waals surface area contributed by atoms with E-state index in [4.69, 9.17) is 0 Å². The third-order valence-corrected chi connectivity index (χ3v) is 2.96. The van der Waals surface area contributed by atoms with Crippen molar-refractivity contribution in [3.8, 4) is 0 Å². The molecule has 0 saturated carbocycles. The van der Waals surface area contributed by atoms with Crippen LogP contribution < -0.4 is 5.32 Å². The van der Waals surface area contributed by atoms with Crippen molar-refractivity contribution in [2.75, 3.05) is 6.54 Å². The summed E-state index contributed by atoms with van der Waals surface area (Å²) < 4.78 is 0. The normalized spacial score (nSPS) is 12.5. The molecule has 1 aromatic heterocycles. The van der Waals surface area contributed by atoms with Crippen molar-refractivity contribution in [3.05, 3.63) is 34.0 Å². The maximum Gasteiger partial charge on any atom is 0.0293 e. The topological polar surface area (TPSA) is 12.0 Å². The zero-order chi connectivity index (χ0) is 11.1. The van der Waals surface area contributed by atoms with Gasteiger partial charge in [-0.05, 0) is 55.6 Å². The summed E-state index contributed by atoms with van der Waals surface area (Å²) >= 11 is 1.78. The Kier molecular flexibility index (Phi) is 5.66. The maximum atomic E-state index is 3.57. The molecule has 0 spiro atoms. The molecule has 84 valence electrons. The first kappa shape index (κ1) is 12.5. The van der Waals surface area contributed by atoms with Gasteiger partial charge in [-0.3, -0.25) is 0 Å². The monoisotopic (exact) mass is 223 g/mol. The Morgan fingerprint density at radius 2 is 2.33 bits per heavy atom. The van der Waals surface area contributed by atoms with Crippen LogP contribution in [0.5, 0.6) is 0 Å². The van der Waals surface area contributed by atoms with Gasteiger partial charge in [0.1, 0.15) is 0 Å². The van der Waals surface area contributed by atoms with Gasteiger partial charge >= 0.3 is 0 Å². The largest absolute Gasteiger partial charge is 0.310 e. The fourth-order valence-electron chi connectivity index (χ4n) is 1.58. The van der Waals surface area contributed by atoms with E-state index in [0.717, 1.165) is 13.0 Å². The maximum absolute atomic E-state index is 3.57. The van der Waals surface area contributed by atoms with Crippen molar-refractivity contribution in [1.29, 1.82) is 0 Å². The van der Waals surface area contributed by atoms with Gasteiger partial charge in [0, 0.05) is 6.04 Å². The Bertz CT molecular complexity index is 283. The lowest BCUT2D eigenvalue weighted by Crippen LogP contribution is -2.30. The van der Waals surface area contributed by atoms with E-state index in [1.807, 2.05) is 0 Å². The van der Waals surface area contributed by atoms with E-state index in [2.05, 4.69) is 49.0 Å². The lowest BCUT2D eigenvalue weighted by Gasteiger charge is -2.14. The lowest BCUT2D eigenvalue weighted by atomic mass is 10.1. The van der Waals surface area contributed by atoms with E-state index < -0.39 is 0 Å². The third kappa shape index (κ3) is 5.14. The molecule has 15 heavy (non-hydrogen) atoms. The first-order valence-corrected chi connectivity index (χ1v) is 6.56. The molecule has 1 N–H and O–H groups in total. The molecular formula is C13H21NS. The number of allylic oxidation sites excluding steroid dienone is 1. The highest BCUT2D eigenvalue weighted by molar-refractivity contribution is 7.07. The molecule has 0 fully saturated rings. The summed E-state index contributed by atoms with van der Waals surface area (Å²) in [6, 6.07) is 2.70. The van der Waals surface area contributed by atoms with Gasteiger partial charge in [0.2, 0.25) is 0 Å². The van der Waals surface area contributed by atoms with Gasteiger partial charge in [-0.15, -0.1) is 0 Å². The van der Waals surface area contributed by atoms with E-state index in [0.29, 0.717) is 6.04 Å². The van der Waals surface area contributed by atoms with Crippen LogP contribution in [0.15, 0.2) is 28.5 Å². The SMILES string of the molecule is CCCNC(C=C(C)C)Cc1ccsc1. The average Bonchev–Trinajstić information content (AvgIpc) is 2.66. The second-order valence-corrected chi connectivity index (χ2v) is 4.92. The smallest absolute Gasteiger partial charge is 0.0293 e. The second-order valence-electron chi connectivity index (χ2n) is 4.14. The molecule has 0 aliphatic rings. The molecule has 0 radical (unpaired) electrons. The minimum atomic E-state index is 0.490. The van der Waals surface area contributed by atoms with Crippen LogP contribution in [0, 0.1) is 0 Å². The predicted molar refractivity (Wildman–Crippen MR) is 69.5 cm³/mol. The van der Waals surface area contributed by atoms with Crippen LogP contribution in [0.25, 0.3) is 0 Å². The summed E-state index contributed by atoms with van der Waals surface area (Å²) in [6.45, 7) is 7.62. The molecule has 1 aromatic rings. The minimum absolute atomic E-state index is 0.490. The fourth-order valence-corrected chi connectivity index (χ4v) is 2.27. The number of hydrogen-bond acceptors (Lipinski definition) is 2. The Hall–Kier alpha value is -0.600. The van der Waals surface area contributed by atoms with E-state index in [1.54, 1.807) is 11.3 Å². The second kappa shape index (κ2) is 6.81. The molecule has 0 saturated heterocycles. The number of rotatable bonds is 6. The molecule has 0 amide bonds. The van der Waals surface area contributed by atoms with Crippen LogP contribution in [-0.4, -0.2) is 12.6 Å². The van der Waals surface area contributed by atoms with Crippen molar-refractivity contribution in [2.24, 2.45) is 0 Å².